The predicted octanol–water partition coefficient (Wildman–Crippen LogP) is 1.77. The molecule has 10 heteroatoms. The van der Waals surface area contributed by atoms with Gasteiger partial charge in [-0.1, -0.05) is 66.7 Å². The maximum Gasteiger partial charge on any atom is 2.00 e. The molecule has 0 radical (unpaired) electrons. The topological polar surface area (TPSA) is 108 Å². The van der Waals surface area contributed by atoms with Crippen LogP contribution in [0.25, 0.3) is 0 Å². The van der Waals surface area contributed by atoms with Gasteiger partial charge >= 0.3 is 23.1 Å². The molecule has 4 aromatic rings. The Hall–Kier alpha value is -3.18. The van der Waals surface area contributed by atoms with Crippen molar-refractivity contribution in [3.8, 4) is 11.8 Å². The first-order valence-electron chi connectivity index (χ1n) is 10.1. The molecule has 1 N–H and O–H groups in total. The van der Waals surface area contributed by atoms with Gasteiger partial charge in [0.2, 0.25) is 5.76 Å². The number of benzene rings is 2. The van der Waals surface area contributed by atoms with Gasteiger partial charge in [0.05, 0.1) is 6.07 Å². The molecule has 1 atom stereocenters. The number of aliphatic hydroxyl groups is 1. The number of hydrogen-bond donors (Lipinski definition) is 1. The zero-order valence-corrected chi connectivity index (χ0v) is 22.5. The van der Waals surface area contributed by atoms with E-state index in [1.165, 1.54) is 12.1 Å². The molecule has 0 amide bonds. The van der Waals surface area contributed by atoms with Crippen LogP contribution in [-0.2, 0) is 13.2 Å². The maximum atomic E-state index is 10.3. The maximum absolute atomic E-state index is 10.3. The largest absolute Gasteiger partial charge is 2.00 e. The van der Waals surface area contributed by atoms with Crippen LogP contribution < -0.4 is 26.5 Å². The molecular weight excluding hydrogens is 541 g/mol. The Morgan fingerprint density at radius 2 is 1.36 bits per heavy atom. The number of aromatic nitrogens is 2. The van der Waals surface area contributed by atoms with E-state index in [4.69, 9.17) is 14.0 Å². The molecule has 0 saturated carbocycles. The van der Waals surface area contributed by atoms with Crippen molar-refractivity contribution in [3.63, 3.8) is 0 Å². The molecule has 1 unspecified atom stereocenters. The van der Waals surface area contributed by atoms with E-state index in [0.717, 1.165) is 11.1 Å². The van der Waals surface area contributed by atoms with Crippen LogP contribution in [0.1, 0.15) is 33.5 Å². The third-order valence-corrected chi connectivity index (χ3v) is 4.10. The fraction of sp³-hybridized carbons (Fsp3) is 0.115. The minimum Gasteiger partial charge on any atom is -1.00 e. The standard InChI is InChI=1S/C13H13NO3.C11H9NO3.C2H3.BrH.Mg/c1-2-11(15)12-8-13(14-17-12)16-9-10-6-4-3-5-7-10;13-7-10-6-11(12-15-10)14-8-9-4-2-1-3-5-9;1-2;;/h2-8,11,15H,1,9H2;1-7H,8H2;1H,2H2;1H;/q;;-1;;+2/p-1. The molecule has 0 saturated heterocycles. The second-order valence-corrected chi connectivity index (χ2v) is 6.48. The number of ether oxygens (including phenoxy) is 2. The van der Waals surface area contributed by atoms with Gasteiger partial charge in [0.15, 0.2) is 12.0 Å². The Morgan fingerprint density at radius 3 is 1.81 bits per heavy atom. The van der Waals surface area contributed by atoms with Crippen molar-refractivity contribution in [3.05, 3.63) is 121 Å². The molecule has 4 rings (SSSR count). The van der Waals surface area contributed by atoms with Gasteiger partial charge in [-0.3, -0.25) is 11.4 Å². The molecule has 0 spiro atoms. The van der Waals surface area contributed by atoms with E-state index in [9.17, 15) is 9.90 Å². The zero-order valence-electron chi connectivity index (χ0n) is 19.5. The van der Waals surface area contributed by atoms with Crippen LogP contribution in [-0.4, -0.2) is 44.8 Å². The van der Waals surface area contributed by atoms with E-state index in [1.807, 2.05) is 60.7 Å². The van der Waals surface area contributed by atoms with Crippen molar-refractivity contribution >= 4 is 29.3 Å². The number of rotatable bonds is 9. The van der Waals surface area contributed by atoms with Crippen molar-refractivity contribution < 1.29 is 45.4 Å². The molecular formula is C26H25BrMgN2O6. The SMILES string of the molecule is C=CC(O)c1cc(OCc2ccccc2)no1.O=Cc1cc(OCc2ccccc2)no1.[Br-].[CH-]=C.[Mg+2]. The molecule has 8 nitrogen and oxygen atoms in total. The van der Waals surface area contributed by atoms with Gasteiger partial charge < -0.3 is 47.2 Å². The van der Waals surface area contributed by atoms with Crippen LogP contribution in [0.15, 0.2) is 101 Å². The van der Waals surface area contributed by atoms with Crippen molar-refractivity contribution in [1.29, 1.82) is 0 Å². The van der Waals surface area contributed by atoms with Gasteiger partial charge in [-0.25, -0.2) is 0 Å². The summed E-state index contributed by atoms with van der Waals surface area (Å²) in [4.78, 5) is 10.3. The quantitative estimate of drug-likeness (QED) is 0.142. The summed E-state index contributed by atoms with van der Waals surface area (Å²) in [5, 5.41) is 16.7. The second kappa shape index (κ2) is 19.1. The summed E-state index contributed by atoms with van der Waals surface area (Å²) in [6.45, 7) is 11.3. The van der Waals surface area contributed by atoms with E-state index in [0.29, 0.717) is 37.0 Å². The monoisotopic (exact) mass is 564 g/mol. The minimum absolute atomic E-state index is 0. The Labute approximate surface area is 236 Å². The number of nitrogens with zero attached hydrogens (tertiary/aromatic N) is 2. The van der Waals surface area contributed by atoms with Crippen LogP contribution in [0, 0.1) is 6.58 Å². The van der Waals surface area contributed by atoms with Gasteiger partial charge in [-0.05, 0) is 21.4 Å². The number of halogens is 1. The Kier molecular flexibility index (Phi) is 17.4. The van der Waals surface area contributed by atoms with Crippen LogP contribution in [0.3, 0.4) is 0 Å². The predicted molar refractivity (Wildman–Crippen MR) is 131 cm³/mol. The summed E-state index contributed by atoms with van der Waals surface area (Å²) in [5.41, 5.74) is 2.08. The number of carbonyl (C=O) groups excluding carboxylic acids is 1. The van der Waals surface area contributed by atoms with E-state index in [-0.39, 0.29) is 45.8 Å². The van der Waals surface area contributed by atoms with Crippen LogP contribution in [0.4, 0.5) is 0 Å². The Bertz CT molecular complexity index is 1120. The Balaban J connectivity index is 0.000000609. The van der Waals surface area contributed by atoms with Crippen LogP contribution >= 0.6 is 0 Å². The first kappa shape index (κ1) is 32.8. The average molecular weight is 566 g/mol. The smallest absolute Gasteiger partial charge is 1.00 e. The first-order chi connectivity index (χ1) is 16.7. The van der Waals surface area contributed by atoms with Crippen molar-refractivity contribution in [1.82, 2.24) is 10.3 Å². The molecule has 2 heterocycles. The van der Waals surface area contributed by atoms with Gasteiger partial charge in [0.25, 0.3) is 11.8 Å². The van der Waals surface area contributed by atoms with Crippen LogP contribution in [0.2, 0.25) is 0 Å². The minimum atomic E-state index is -0.850. The third-order valence-electron chi connectivity index (χ3n) is 4.10. The van der Waals surface area contributed by atoms with Gasteiger partial charge in [-0.15, -0.1) is 6.58 Å². The van der Waals surface area contributed by atoms with Crippen molar-refractivity contribution in [2.45, 2.75) is 19.3 Å². The molecule has 0 aliphatic heterocycles. The summed E-state index contributed by atoms with van der Waals surface area (Å²) in [7, 11) is 0. The number of aldehydes is 1. The fourth-order valence-corrected chi connectivity index (χ4v) is 2.45. The van der Waals surface area contributed by atoms with Gasteiger partial charge in [0.1, 0.15) is 19.3 Å². The van der Waals surface area contributed by atoms with E-state index < -0.39 is 6.10 Å². The molecule has 0 aliphatic rings. The normalized spacial score (nSPS) is 9.92. The second-order valence-electron chi connectivity index (χ2n) is 6.48. The summed E-state index contributed by atoms with van der Waals surface area (Å²) >= 11 is 0. The average Bonchev–Trinajstić information content (AvgIpc) is 3.58. The summed E-state index contributed by atoms with van der Waals surface area (Å²) < 4.78 is 20.3. The number of hydrogen-bond acceptors (Lipinski definition) is 8. The molecule has 36 heavy (non-hydrogen) atoms. The number of carbonyl (C=O) groups is 1. The summed E-state index contributed by atoms with van der Waals surface area (Å²) in [6.07, 6.45) is 1.10. The van der Waals surface area contributed by atoms with E-state index in [1.54, 1.807) is 6.07 Å². The first-order valence-corrected chi connectivity index (χ1v) is 10.1. The molecule has 184 valence electrons. The van der Waals surface area contributed by atoms with Gasteiger partial charge in [0, 0.05) is 6.07 Å². The third kappa shape index (κ3) is 11.5. The van der Waals surface area contributed by atoms with Crippen molar-refractivity contribution in [2.75, 3.05) is 0 Å². The molecule has 2 aromatic heterocycles. The van der Waals surface area contributed by atoms with E-state index >= 15 is 0 Å². The molecule has 0 bridgehead atoms. The zero-order chi connectivity index (χ0) is 24.6. The molecule has 0 aliphatic carbocycles. The summed E-state index contributed by atoms with van der Waals surface area (Å²) in [5.74, 6) is 1.16. The van der Waals surface area contributed by atoms with Gasteiger partial charge in [-0.2, -0.15) is 0 Å². The summed E-state index contributed by atoms with van der Waals surface area (Å²) in [6, 6.07) is 22.4. The molecule has 0 fully saturated rings. The fourth-order valence-electron chi connectivity index (χ4n) is 2.45. The van der Waals surface area contributed by atoms with Crippen molar-refractivity contribution in [2.24, 2.45) is 0 Å². The van der Waals surface area contributed by atoms with Crippen LogP contribution in [0.5, 0.6) is 11.8 Å². The number of aliphatic hydroxyl groups excluding tert-OH is 1. The Morgan fingerprint density at radius 1 is 0.889 bits per heavy atom. The van der Waals surface area contributed by atoms with E-state index in [2.05, 4.69) is 34.6 Å². The molecule has 2 aromatic carbocycles.